The molecule has 0 fully saturated rings. The van der Waals surface area contributed by atoms with Crippen LogP contribution in [0.5, 0.6) is 0 Å². The monoisotopic (exact) mass is 402 g/mol. The van der Waals surface area contributed by atoms with E-state index in [0.29, 0.717) is 30.6 Å². The van der Waals surface area contributed by atoms with Gasteiger partial charge in [-0.25, -0.2) is 4.99 Å². The Morgan fingerprint density at radius 2 is 1.93 bits per heavy atom. The minimum atomic E-state index is -1.04. The number of nitriles is 1. The zero-order valence-electron chi connectivity index (χ0n) is 14.9. The van der Waals surface area contributed by atoms with Crippen LogP contribution < -0.4 is 10.6 Å². The van der Waals surface area contributed by atoms with Crippen molar-refractivity contribution in [1.82, 2.24) is 20.6 Å². The molecule has 2 rings (SSSR count). The van der Waals surface area contributed by atoms with E-state index in [1.165, 1.54) is 0 Å². The van der Waals surface area contributed by atoms with Crippen LogP contribution in [-0.4, -0.2) is 45.1 Å². The maximum absolute atomic E-state index is 12.1. The molecule has 2 aromatic heterocycles. The first-order valence-corrected chi connectivity index (χ1v) is 11.1. The summed E-state index contributed by atoms with van der Waals surface area (Å²) in [5.74, 6) is 2.94. The molecular weight excluding hydrogens is 380 g/mol. The highest BCUT2D eigenvalue weighted by atomic mass is 32.2. The number of aliphatic imine (C=N–C) groups is 1. The minimum absolute atomic E-state index is 0.373. The summed E-state index contributed by atoms with van der Waals surface area (Å²) in [5, 5.41) is 14.4. The molecular formula is C18H22N6OS2. The number of pyridine rings is 2. The Kier molecular flexibility index (Phi) is 10.1. The summed E-state index contributed by atoms with van der Waals surface area (Å²) in [6.07, 6.45) is 5.34. The lowest BCUT2D eigenvalue weighted by Gasteiger charge is -2.10. The van der Waals surface area contributed by atoms with Crippen LogP contribution in [0.3, 0.4) is 0 Å². The quantitative estimate of drug-likeness (QED) is 0.155. The molecule has 2 N–H and O–H groups in total. The van der Waals surface area contributed by atoms with Crippen LogP contribution >= 0.6 is 11.8 Å². The van der Waals surface area contributed by atoms with Gasteiger partial charge in [0.05, 0.1) is 17.9 Å². The van der Waals surface area contributed by atoms with Gasteiger partial charge in [-0.05, 0) is 35.4 Å². The van der Waals surface area contributed by atoms with E-state index in [9.17, 15) is 4.55 Å². The first-order chi connectivity index (χ1) is 13.3. The van der Waals surface area contributed by atoms with E-state index in [2.05, 4.69) is 25.6 Å². The largest absolute Gasteiger partial charge is 0.616 e. The van der Waals surface area contributed by atoms with Crippen LogP contribution in [0, 0.1) is 11.5 Å². The molecule has 142 valence electrons. The molecule has 0 saturated heterocycles. The lowest BCUT2D eigenvalue weighted by molar-refractivity contribution is 0.593. The molecule has 0 spiro atoms. The predicted octanol–water partition coefficient (Wildman–Crippen LogP) is 1.67. The summed E-state index contributed by atoms with van der Waals surface area (Å²) < 4.78 is 12.1. The second-order valence-electron chi connectivity index (χ2n) is 5.38. The number of aromatic nitrogens is 2. The number of guanidine groups is 1. The molecule has 2 aromatic rings. The van der Waals surface area contributed by atoms with Crippen molar-refractivity contribution in [3.63, 3.8) is 0 Å². The SMILES string of the molecule is N#CN/C(=N\CC[S+]([O-])Cc1ccccn1)NCCSCc1ccccn1. The molecule has 0 aromatic carbocycles. The van der Waals surface area contributed by atoms with Crippen LogP contribution in [0.15, 0.2) is 53.8 Å². The number of thioether (sulfide) groups is 1. The van der Waals surface area contributed by atoms with Crippen LogP contribution in [0.2, 0.25) is 0 Å². The molecule has 27 heavy (non-hydrogen) atoms. The summed E-state index contributed by atoms with van der Waals surface area (Å²) in [5.41, 5.74) is 1.85. The maximum Gasteiger partial charge on any atom is 0.204 e. The third-order valence-electron chi connectivity index (χ3n) is 3.31. The minimum Gasteiger partial charge on any atom is -0.616 e. The summed E-state index contributed by atoms with van der Waals surface area (Å²) in [6.45, 7) is 1.04. The van der Waals surface area contributed by atoms with Crippen molar-refractivity contribution >= 4 is 28.9 Å². The molecule has 0 aliphatic rings. The predicted molar refractivity (Wildman–Crippen MR) is 110 cm³/mol. The highest BCUT2D eigenvalue weighted by molar-refractivity contribution is 7.98. The molecule has 9 heteroatoms. The standard InChI is InChI=1S/C18H22N6OS2/c19-15-24-18(22-9-11-26-13-16-5-1-3-7-20-16)23-10-12-27(25)14-17-6-2-4-8-21-17/h1-8H,9-14H2,(H2,22,23,24). The average molecular weight is 403 g/mol. The Morgan fingerprint density at radius 3 is 2.59 bits per heavy atom. The topological polar surface area (TPSA) is 109 Å². The zero-order chi connectivity index (χ0) is 19.2. The van der Waals surface area contributed by atoms with E-state index in [0.717, 1.165) is 22.9 Å². The van der Waals surface area contributed by atoms with Gasteiger partial charge in [0, 0.05) is 30.4 Å². The van der Waals surface area contributed by atoms with E-state index in [-0.39, 0.29) is 0 Å². The molecule has 0 radical (unpaired) electrons. The van der Waals surface area contributed by atoms with Crippen LogP contribution in [-0.2, 0) is 22.7 Å². The summed E-state index contributed by atoms with van der Waals surface area (Å²) in [4.78, 5) is 12.7. The highest BCUT2D eigenvalue weighted by Gasteiger charge is 2.08. The normalized spacial score (nSPS) is 12.2. The van der Waals surface area contributed by atoms with Gasteiger partial charge in [0.25, 0.3) is 0 Å². The summed E-state index contributed by atoms with van der Waals surface area (Å²) >= 11 is 0.710. The van der Waals surface area contributed by atoms with Crippen LogP contribution in [0.1, 0.15) is 11.4 Å². The van der Waals surface area contributed by atoms with Gasteiger partial charge in [-0.15, -0.1) is 0 Å². The summed E-state index contributed by atoms with van der Waals surface area (Å²) in [7, 11) is 0. The van der Waals surface area contributed by atoms with E-state index >= 15 is 0 Å². The number of nitrogens with one attached hydrogen (secondary N) is 2. The Bertz CT molecular complexity index is 724. The second-order valence-corrected chi connectivity index (χ2v) is 8.06. The number of nitrogens with zero attached hydrogens (tertiary/aromatic N) is 4. The molecule has 0 aliphatic carbocycles. The van der Waals surface area contributed by atoms with E-state index in [1.807, 2.05) is 42.6 Å². The fourth-order valence-corrected chi connectivity index (χ4v) is 3.78. The van der Waals surface area contributed by atoms with Gasteiger partial charge in [-0.1, -0.05) is 12.1 Å². The second kappa shape index (κ2) is 13.0. The Labute approximate surface area is 166 Å². The van der Waals surface area contributed by atoms with Gasteiger partial charge in [-0.2, -0.15) is 17.0 Å². The van der Waals surface area contributed by atoms with Crippen LogP contribution in [0.25, 0.3) is 0 Å². The molecule has 0 amide bonds. The van der Waals surface area contributed by atoms with Crippen molar-refractivity contribution < 1.29 is 4.55 Å². The first-order valence-electron chi connectivity index (χ1n) is 8.44. The summed E-state index contributed by atoms with van der Waals surface area (Å²) in [6, 6.07) is 11.4. The van der Waals surface area contributed by atoms with Gasteiger partial charge in [-0.3, -0.25) is 15.3 Å². The van der Waals surface area contributed by atoms with E-state index in [1.54, 1.807) is 24.2 Å². The number of hydrogen-bond donors (Lipinski definition) is 2. The molecule has 1 atom stereocenters. The van der Waals surface area contributed by atoms with Gasteiger partial charge < -0.3 is 9.87 Å². The lowest BCUT2D eigenvalue weighted by atomic mass is 10.4. The molecule has 0 saturated carbocycles. The van der Waals surface area contributed by atoms with Crippen molar-refractivity contribution in [3.8, 4) is 6.19 Å². The molecule has 1 unspecified atom stereocenters. The fourth-order valence-electron chi connectivity index (χ4n) is 2.07. The number of rotatable bonds is 10. The van der Waals surface area contributed by atoms with Crippen molar-refractivity contribution in [3.05, 3.63) is 60.2 Å². The lowest BCUT2D eigenvalue weighted by Crippen LogP contribution is -2.36. The van der Waals surface area contributed by atoms with E-state index in [4.69, 9.17) is 5.26 Å². The molecule has 0 aliphatic heterocycles. The Hall–Kier alpha value is -2.28. The first kappa shape index (κ1) is 21.0. The molecule has 7 nitrogen and oxygen atoms in total. The Balaban J connectivity index is 1.65. The highest BCUT2D eigenvalue weighted by Crippen LogP contribution is 2.08. The van der Waals surface area contributed by atoms with Crippen molar-refractivity contribution in [2.45, 2.75) is 11.5 Å². The zero-order valence-corrected chi connectivity index (χ0v) is 16.5. The fraction of sp³-hybridized carbons (Fsp3) is 0.333. The third-order valence-corrected chi connectivity index (χ3v) is 5.56. The van der Waals surface area contributed by atoms with Gasteiger partial charge in [0.15, 0.2) is 6.19 Å². The van der Waals surface area contributed by atoms with Gasteiger partial charge in [0.2, 0.25) is 5.96 Å². The van der Waals surface area contributed by atoms with Gasteiger partial charge >= 0.3 is 0 Å². The smallest absolute Gasteiger partial charge is 0.204 e. The van der Waals surface area contributed by atoms with Crippen molar-refractivity contribution in [2.75, 3.05) is 24.6 Å². The van der Waals surface area contributed by atoms with E-state index < -0.39 is 11.2 Å². The Morgan fingerprint density at radius 1 is 1.19 bits per heavy atom. The van der Waals surface area contributed by atoms with Crippen LogP contribution in [0.4, 0.5) is 0 Å². The average Bonchev–Trinajstić information content (AvgIpc) is 2.69. The third kappa shape index (κ3) is 9.28. The van der Waals surface area contributed by atoms with Gasteiger partial charge in [0.1, 0.15) is 11.5 Å². The molecule has 2 heterocycles. The molecule has 0 bridgehead atoms. The van der Waals surface area contributed by atoms with Crippen molar-refractivity contribution in [2.24, 2.45) is 4.99 Å². The maximum atomic E-state index is 12.1. The van der Waals surface area contributed by atoms with Crippen molar-refractivity contribution in [1.29, 1.82) is 5.26 Å². The number of hydrogen-bond acceptors (Lipinski definition) is 6.